The van der Waals surface area contributed by atoms with E-state index in [1.165, 1.54) is 11.6 Å². The van der Waals surface area contributed by atoms with Crippen molar-refractivity contribution >= 4 is 12.0 Å². The lowest BCUT2D eigenvalue weighted by Gasteiger charge is -2.05. The highest BCUT2D eigenvalue weighted by Gasteiger charge is 1.91. The molecule has 0 aromatic heterocycles. The summed E-state index contributed by atoms with van der Waals surface area (Å²) < 4.78 is 0. The van der Waals surface area contributed by atoms with Gasteiger partial charge in [-0.2, -0.15) is 0 Å². The smallest absolute Gasteiger partial charge is 0.142 e. The number of allylic oxidation sites excluding steroid dienone is 1. The van der Waals surface area contributed by atoms with Crippen LogP contribution in [-0.2, 0) is 4.79 Å². The third-order valence-electron chi connectivity index (χ3n) is 1.77. The van der Waals surface area contributed by atoms with E-state index in [9.17, 15) is 4.79 Å². The molecular weight excluding hydrogens is 162 g/mol. The molecule has 1 aromatic rings. The Kier molecular flexibility index (Phi) is 3.76. The van der Waals surface area contributed by atoms with Gasteiger partial charge in [-0.1, -0.05) is 24.3 Å². The minimum atomic E-state index is 0.684. The first-order chi connectivity index (χ1) is 6.34. The first-order valence-electron chi connectivity index (χ1n) is 4.24. The number of aldehydes is 1. The van der Waals surface area contributed by atoms with Gasteiger partial charge in [0.2, 0.25) is 0 Å². The van der Waals surface area contributed by atoms with Crippen LogP contribution in [0, 0.1) is 6.92 Å². The summed E-state index contributed by atoms with van der Waals surface area (Å²) in [7, 11) is 0. The normalized spacial score (nSPS) is 10.2. The number of rotatable bonds is 4. The standard InChI is InChI=1S/C11H13NO/c1-10-6-2-3-7-11(10)12-8-4-5-9-13/h2-7,9,12H,8H2,1H3/b5-4+. The number of hydrogen-bond donors (Lipinski definition) is 1. The van der Waals surface area contributed by atoms with E-state index < -0.39 is 0 Å². The lowest BCUT2D eigenvalue weighted by molar-refractivity contribution is -0.104. The number of benzene rings is 1. The van der Waals surface area contributed by atoms with Crippen LogP contribution in [-0.4, -0.2) is 12.8 Å². The van der Waals surface area contributed by atoms with Crippen LogP contribution in [0.5, 0.6) is 0 Å². The van der Waals surface area contributed by atoms with Gasteiger partial charge in [-0.05, 0) is 24.6 Å². The Bertz CT molecular complexity index is 305. The van der Waals surface area contributed by atoms with Gasteiger partial charge >= 0.3 is 0 Å². The molecule has 0 amide bonds. The summed E-state index contributed by atoms with van der Waals surface area (Å²) in [5, 5.41) is 3.20. The van der Waals surface area contributed by atoms with Gasteiger partial charge in [0.05, 0.1) is 0 Å². The van der Waals surface area contributed by atoms with Crippen molar-refractivity contribution in [3.8, 4) is 0 Å². The Labute approximate surface area is 78.3 Å². The van der Waals surface area contributed by atoms with Gasteiger partial charge in [0.15, 0.2) is 0 Å². The van der Waals surface area contributed by atoms with Gasteiger partial charge in [-0.3, -0.25) is 4.79 Å². The number of nitrogens with one attached hydrogen (secondary N) is 1. The fourth-order valence-corrected chi connectivity index (χ4v) is 1.06. The van der Waals surface area contributed by atoms with Gasteiger partial charge in [0.1, 0.15) is 6.29 Å². The summed E-state index contributed by atoms with van der Waals surface area (Å²) in [5.41, 5.74) is 2.32. The van der Waals surface area contributed by atoms with Crippen LogP contribution >= 0.6 is 0 Å². The average molecular weight is 175 g/mol. The zero-order valence-electron chi connectivity index (χ0n) is 7.66. The second-order valence-corrected chi connectivity index (χ2v) is 2.76. The van der Waals surface area contributed by atoms with Gasteiger partial charge < -0.3 is 5.32 Å². The Morgan fingerprint density at radius 3 is 2.85 bits per heavy atom. The van der Waals surface area contributed by atoms with E-state index in [1.807, 2.05) is 31.2 Å². The number of aryl methyl sites for hydroxylation is 1. The second kappa shape index (κ2) is 5.14. The molecule has 1 aromatic carbocycles. The Hall–Kier alpha value is -1.57. The number of para-hydroxylation sites is 1. The number of carbonyl (C=O) groups excluding carboxylic acids is 1. The topological polar surface area (TPSA) is 29.1 Å². The minimum absolute atomic E-state index is 0.684. The molecule has 0 saturated carbocycles. The largest absolute Gasteiger partial charge is 0.381 e. The van der Waals surface area contributed by atoms with Crippen molar-refractivity contribution in [1.29, 1.82) is 0 Å². The van der Waals surface area contributed by atoms with Crippen LogP contribution in [0.2, 0.25) is 0 Å². The molecule has 0 spiro atoms. The summed E-state index contributed by atoms with van der Waals surface area (Å²) in [5.74, 6) is 0. The third kappa shape index (κ3) is 3.11. The van der Waals surface area contributed by atoms with Crippen LogP contribution in [0.15, 0.2) is 36.4 Å². The summed E-state index contributed by atoms with van der Waals surface area (Å²) >= 11 is 0. The zero-order valence-corrected chi connectivity index (χ0v) is 7.66. The van der Waals surface area contributed by atoms with Gasteiger partial charge in [-0.15, -0.1) is 0 Å². The third-order valence-corrected chi connectivity index (χ3v) is 1.77. The predicted molar refractivity (Wildman–Crippen MR) is 54.9 cm³/mol. The number of carbonyl (C=O) groups is 1. The summed E-state index contributed by atoms with van der Waals surface area (Å²) in [4.78, 5) is 9.97. The average Bonchev–Trinajstić information content (AvgIpc) is 2.15. The molecular formula is C11H13NO. The van der Waals surface area contributed by atoms with Crippen molar-refractivity contribution < 1.29 is 4.79 Å². The van der Waals surface area contributed by atoms with Crippen molar-refractivity contribution in [3.63, 3.8) is 0 Å². The van der Waals surface area contributed by atoms with Gasteiger partial charge in [0.25, 0.3) is 0 Å². The molecule has 13 heavy (non-hydrogen) atoms. The highest BCUT2D eigenvalue weighted by Crippen LogP contribution is 2.12. The van der Waals surface area contributed by atoms with E-state index in [0.29, 0.717) is 6.54 Å². The quantitative estimate of drug-likeness (QED) is 0.561. The monoisotopic (exact) mass is 175 g/mol. The summed E-state index contributed by atoms with van der Waals surface area (Å²) in [6, 6.07) is 8.05. The minimum Gasteiger partial charge on any atom is -0.381 e. The van der Waals surface area contributed by atoms with Gasteiger partial charge in [-0.25, -0.2) is 0 Å². The zero-order chi connectivity index (χ0) is 9.52. The molecule has 2 heteroatoms. The molecule has 0 radical (unpaired) electrons. The highest BCUT2D eigenvalue weighted by atomic mass is 16.1. The lowest BCUT2D eigenvalue weighted by Crippen LogP contribution is -1.99. The molecule has 0 aliphatic heterocycles. The molecule has 0 bridgehead atoms. The van der Waals surface area contributed by atoms with E-state index in [1.54, 1.807) is 6.08 Å². The maximum Gasteiger partial charge on any atom is 0.142 e. The van der Waals surface area contributed by atoms with Crippen LogP contribution in [0.3, 0.4) is 0 Å². The van der Waals surface area contributed by atoms with Crippen LogP contribution < -0.4 is 5.32 Å². The Balaban J connectivity index is 2.49. The molecule has 0 fully saturated rings. The molecule has 1 N–H and O–H groups in total. The molecule has 2 nitrogen and oxygen atoms in total. The van der Waals surface area contributed by atoms with Gasteiger partial charge in [0, 0.05) is 12.2 Å². The Morgan fingerprint density at radius 1 is 1.38 bits per heavy atom. The van der Waals surface area contributed by atoms with Crippen molar-refractivity contribution in [1.82, 2.24) is 0 Å². The van der Waals surface area contributed by atoms with E-state index in [-0.39, 0.29) is 0 Å². The highest BCUT2D eigenvalue weighted by molar-refractivity contribution is 5.64. The van der Waals surface area contributed by atoms with Crippen molar-refractivity contribution in [2.45, 2.75) is 6.92 Å². The molecule has 1 rings (SSSR count). The molecule has 0 aliphatic rings. The molecule has 0 atom stereocenters. The molecule has 0 heterocycles. The maximum atomic E-state index is 9.97. The molecule has 0 saturated heterocycles. The fourth-order valence-electron chi connectivity index (χ4n) is 1.06. The number of hydrogen-bond acceptors (Lipinski definition) is 2. The van der Waals surface area contributed by atoms with E-state index >= 15 is 0 Å². The SMILES string of the molecule is Cc1ccccc1NC/C=C/C=O. The van der Waals surface area contributed by atoms with E-state index in [4.69, 9.17) is 0 Å². The first kappa shape index (κ1) is 9.52. The van der Waals surface area contributed by atoms with Crippen molar-refractivity contribution in [2.75, 3.05) is 11.9 Å². The second-order valence-electron chi connectivity index (χ2n) is 2.76. The molecule has 0 unspecified atom stereocenters. The predicted octanol–water partition coefficient (Wildman–Crippen LogP) is 2.16. The van der Waals surface area contributed by atoms with Crippen LogP contribution in [0.25, 0.3) is 0 Å². The van der Waals surface area contributed by atoms with E-state index in [0.717, 1.165) is 12.0 Å². The first-order valence-corrected chi connectivity index (χ1v) is 4.24. The Morgan fingerprint density at radius 2 is 2.15 bits per heavy atom. The summed E-state index contributed by atoms with van der Waals surface area (Å²) in [6.45, 7) is 2.73. The maximum absolute atomic E-state index is 9.97. The van der Waals surface area contributed by atoms with E-state index in [2.05, 4.69) is 5.32 Å². The van der Waals surface area contributed by atoms with Crippen LogP contribution in [0.1, 0.15) is 5.56 Å². The van der Waals surface area contributed by atoms with Crippen LogP contribution in [0.4, 0.5) is 5.69 Å². The van der Waals surface area contributed by atoms with Crippen molar-refractivity contribution in [3.05, 3.63) is 42.0 Å². The lowest BCUT2D eigenvalue weighted by atomic mass is 10.2. The fraction of sp³-hybridized carbons (Fsp3) is 0.182. The summed E-state index contributed by atoms with van der Waals surface area (Å²) in [6.07, 6.45) is 4.06. The number of anilines is 1. The molecule has 0 aliphatic carbocycles. The molecule has 68 valence electrons. The van der Waals surface area contributed by atoms with Crippen molar-refractivity contribution in [2.24, 2.45) is 0 Å².